The molecular weight excluding hydrogens is 378 g/mol. The van der Waals surface area contributed by atoms with E-state index in [9.17, 15) is 4.79 Å². The van der Waals surface area contributed by atoms with E-state index in [1.807, 2.05) is 0 Å². The van der Waals surface area contributed by atoms with Crippen molar-refractivity contribution in [3.63, 3.8) is 0 Å². The van der Waals surface area contributed by atoms with Gasteiger partial charge in [-0.15, -0.1) is 0 Å². The van der Waals surface area contributed by atoms with Crippen LogP contribution in [0.15, 0.2) is 60.7 Å². The van der Waals surface area contributed by atoms with Crippen molar-refractivity contribution < 1.29 is 4.79 Å². The Balaban J connectivity index is 1.84. The van der Waals surface area contributed by atoms with Crippen LogP contribution >= 0.6 is 0 Å². The lowest BCUT2D eigenvalue weighted by Gasteiger charge is -2.24. The van der Waals surface area contributed by atoms with Crippen molar-refractivity contribution in [3.05, 3.63) is 99.6 Å². The number of nitrogens with one attached hydrogen (secondary N) is 1. The predicted molar refractivity (Wildman–Crippen MR) is 130 cm³/mol. The van der Waals surface area contributed by atoms with Crippen LogP contribution in [0.4, 0.5) is 5.69 Å². The SMILES string of the molecule is Cc1ccc2c(c1)C(C(=O)Nc1c(C(C)C)cccc1C(C)C)c1ccccc1CC2. The molecule has 0 bridgehead atoms. The minimum atomic E-state index is -0.297. The zero-order chi connectivity index (χ0) is 22.1. The van der Waals surface area contributed by atoms with E-state index < -0.39 is 0 Å². The molecule has 1 aliphatic rings. The van der Waals surface area contributed by atoms with Crippen molar-refractivity contribution in [3.8, 4) is 0 Å². The van der Waals surface area contributed by atoms with Gasteiger partial charge in [-0.05, 0) is 65.0 Å². The summed E-state index contributed by atoms with van der Waals surface area (Å²) in [5, 5.41) is 3.40. The van der Waals surface area contributed by atoms with Crippen molar-refractivity contribution in [2.24, 2.45) is 0 Å². The third kappa shape index (κ3) is 4.17. The van der Waals surface area contributed by atoms with Gasteiger partial charge >= 0.3 is 0 Å². The fraction of sp³-hybridized carbons (Fsp3) is 0.345. The first-order valence-electron chi connectivity index (χ1n) is 11.5. The maximum absolute atomic E-state index is 14.0. The first kappa shape index (κ1) is 21.4. The van der Waals surface area contributed by atoms with Gasteiger partial charge in [-0.2, -0.15) is 0 Å². The quantitative estimate of drug-likeness (QED) is 0.487. The van der Waals surface area contributed by atoms with Gasteiger partial charge in [0, 0.05) is 5.69 Å². The molecule has 1 atom stereocenters. The average Bonchev–Trinajstić information content (AvgIpc) is 2.89. The van der Waals surface area contributed by atoms with Crippen molar-refractivity contribution in [2.45, 2.75) is 65.2 Å². The first-order chi connectivity index (χ1) is 14.9. The smallest absolute Gasteiger partial charge is 0.236 e. The molecular formula is C29H33NO. The minimum Gasteiger partial charge on any atom is -0.325 e. The van der Waals surface area contributed by atoms with Crippen LogP contribution in [-0.2, 0) is 17.6 Å². The van der Waals surface area contributed by atoms with E-state index >= 15 is 0 Å². The lowest BCUT2D eigenvalue weighted by atomic mass is 9.86. The fourth-order valence-electron chi connectivity index (χ4n) is 4.86. The molecule has 2 nitrogen and oxygen atoms in total. The summed E-state index contributed by atoms with van der Waals surface area (Å²) in [7, 11) is 0. The van der Waals surface area contributed by atoms with Gasteiger partial charge in [-0.25, -0.2) is 0 Å². The number of amides is 1. The molecule has 4 rings (SSSR count). The van der Waals surface area contributed by atoms with E-state index in [0.29, 0.717) is 11.8 Å². The number of benzene rings is 3. The number of carbonyl (C=O) groups excluding carboxylic acids is 1. The van der Waals surface area contributed by atoms with E-state index in [-0.39, 0.29) is 11.8 Å². The molecule has 1 amide bonds. The standard InChI is InChI=1S/C29H33NO/c1-18(2)23-11-8-12-24(19(3)4)28(23)30-29(31)27-25-10-7-6-9-21(25)15-16-22-14-13-20(5)17-26(22)27/h6-14,17-19,27H,15-16H2,1-5H3,(H,30,31). The second-order valence-electron chi connectivity index (χ2n) is 9.44. The largest absolute Gasteiger partial charge is 0.325 e. The number of para-hydroxylation sites is 1. The van der Waals surface area contributed by atoms with Gasteiger partial charge in [0.1, 0.15) is 0 Å². The summed E-state index contributed by atoms with van der Waals surface area (Å²) >= 11 is 0. The minimum absolute atomic E-state index is 0.0659. The molecule has 1 N–H and O–H groups in total. The summed E-state index contributed by atoms with van der Waals surface area (Å²) < 4.78 is 0. The van der Waals surface area contributed by atoms with Gasteiger partial charge in [0.15, 0.2) is 0 Å². The molecule has 0 saturated carbocycles. The summed E-state index contributed by atoms with van der Waals surface area (Å²) in [6.07, 6.45) is 1.94. The van der Waals surface area contributed by atoms with E-state index in [2.05, 4.69) is 101 Å². The fourth-order valence-corrected chi connectivity index (χ4v) is 4.86. The Hall–Kier alpha value is -2.87. The maximum Gasteiger partial charge on any atom is 0.236 e. The average molecular weight is 412 g/mol. The molecule has 31 heavy (non-hydrogen) atoms. The topological polar surface area (TPSA) is 29.1 Å². The molecule has 1 unspecified atom stereocenters. The van der Waals surface area contributed by atoms with Crippen LogP contribution in [0.3, 0.4) is 0 Å². The van der Waals surface area contributed by atoms with Gasteiger partial charge < -0.3 is 5.32 Å². The molecule has 3 aromatic rings. The Morgan fingerprint density at radius 2 is 1.42 bits per heavy atom. The van der Waals surface area contributed by atoms with Gasteiger partial charge in [-0.1, -0.05) is 93.9 Å². The van der Waals surface area contributed by atoms with Crippen LogP contribution in [0.5, 0.6) is 0 Å². The summed E-state index contributed by atoms with van der Waals surface area (Å²) in [6.45, 7) is 10.9. The summed E-state index contributed by atoms with van der Waals surface area (Å²) in [6, 6.07) is 21.4. The van der Waals surface area contributed by atoms with E-state index in [0.717, 1.165) is 29.7 Å². The lowest BCUT2D eigenvalue weighted by Crippen LogP contribution is -2.25. The van der Waals surface area contributed by atoms with E-state index in [1.54, 1.807) is 0 Å². The third-order valence-electron chi connectivity index (χ3n) is 6.53. The van der Waals surface area contributed by atoms with Crippen molar-refractivity contribution >= 4 is 11.6 Å². The van der Waals surface area contributed by atoms with Crippen LogP contribution in [0.25, 0.3) is 0 Å². The Morgan fingerprint density at radius 1 is 0.806 bits per heavy atom. The van der Waals surface area contributed by atoms with Crippen LogP contribution in [0.2, 0.25) is 0 Å². The molecule has 0 aliphatic heterocycles. The van der Waals surface area contributed by atoms with Crippen LogP contribution < -0.4 is 5.32 Å². The third-order valence-corrected chi connectivity index (χ3v) is 6.53. The number of rotatable bonds is 4. The number of anilines is 1. The summed E-state index contributed by atoms with van der Waals surface area (Å²) in [4.78, 5) is 14.0. The lowest BCUT2D eigenvalue weighted by molar-refractivity contribution is -0.116. The van der Waals surface area contributed by atoms with E-state index in [1.165, 1.54) is 27.8 Å². The van der Waals surface area contributed by atoms with Crippen molar-refractivity contribution in [1.82, 2.24) is 0 Å². The van der Waals surface area contributed by atoms with Gasteiger partial charge in [0.2, 0.25) is 5.91 Å². The Labute approximate surface area is 186 Å². The molecule has 0 aromatic heterocycles. The van der Waals surface area contributed by atoms with Gasteiger partial charge in [0.25, 0.3) is 0 Å². The Kier molecular flexibility index (Phi) is 6.00. The maximum atomic E-state index is 14.0. The highest BCUT2D eigenvalue weighted by Crippen LogP contribution is 2.38. The number of fused-ring (bicyclic) bond motifs is 2. The number of carbonyl (C=O) groups is 1. The molecule has 160 valence electrons. The highest BCUT2D eigenvalue weighted by Gasteiger charge is 2.30. The van der Waals surface area contributed by atoms with E-state index in [4.69, 9.17) is 0 Å². The molecule has 3 aromatic carbocycles. The number of hydrogen-bond donors (Lipinski definition) is 1. The second-order valence-corrected chi connectivity index (χ2v) is 9.44. The molecule has 1 aliphatic carbocycles. The van der Waals surface area contributed by atoms with Crippen molar-refractivity contribution in [2.75, 3.05) is 5.32 Å². The van der Waals surface area contributed by atoms with Crippen LogP contribution in [0, 0.1) is 6.92 Å². The summed E-state index contributed by atoms with van der Waals surface area (Å²) in [5.41, 5.74) is 9.43. The highest BCUT2D eigenvalue weighted by molar-refractivity contribution is 6.00. The van der Waals surface area contributed by atoms with Crippen LogP contribution in [-0.4, -0.2) is 5.91 Å². The second kappa shape index (κ2) is 8.70. The molecule has 0 radical (unpaired) electrons. The molecule has 0 fully saturated rings. The molecule has 0 spiro atoms. The van der Waals surface area contributed by atoms with Crippen molar-refractivity contribution in [1.29, 1.82) is 0 Å². The zero-order valence-electron chi connectivity index (χ0n) is 19.3. The molecule has 0 saturated heterocycles. The van der Waals surface area contributed by atoms with Crippen LogP contribution in [0.1, 0.15) is 84.4 Å². The zero-order valence-corrected chi connectivity index (χ0v) is 19.3. The number of aryl methyl sites for hydroxylation is 3. The molecule has 2 heteroatoms. The highest BCUT2D eigenvalue weighted by atomic mass is 16.1. The number of hydrogen-bond acceptors (Lipinski definition) is 1. The van der Waals surface area contributed by atoms with Gasteiger partial charge in [0.05, 0.1) is 5.92 Å². The Bertz CT molecular complexity index is 1080. The monoisotopic (exact) mass is 411 g/mol. The Morgan fingerprint density at radius 3 is 2.06 bits per heavy atom. The normalized spacial score (nSPS) is 15.4. The van der Waals surface area contributed by atoms with Gasteiger partial charge in [-0.3, -0.25) is 4.79 Å². The summed E-state index contributed by atoms with van der Waals surface area (Å²) in [5.74, 6) is 0.444. The molecule has 0 heterocycles. The predicted octanol–water partition coefficient (Wildman–Crippen LogP) is 7.11. The first-order valence-corrected chi connectivity index (χ1v) is 11.5.